The van der Waals surface area contributed by atoms with E-state index in [2.05, 4.69) is 48.7 Å². The second-order valence-electron chi connectivity index (χ2n) is 4.90. The van der Waals surface area contributed by atoms with Crippen molar-refractivity contribution in [2.45, 2.75) is 40.3 Å². The summed E-state index contributed by atoms with van der Waals surface area (Å²) in [6.07, 6.45) is 5.10. The van der Waals surface area contributed by atoms with E-state index in [0.717, 1.165) is 30.9 Å². The number of hydrogen-bond donors (Lipinski definition) is 1. The highest BCUT2D eigenvalue weighted by atomic mass is 16.5. The van der Waals surface area contributed by atoms with Crippen molar-refractivity contribution in [1.82, 2.24) is 9.78 Å². The van der Waals surface area contributed by atoms with Crippen LogP contribution in [0.1, 0.15) is 31.4 Å². The Bertz CT molecular complexity index is 548. The first-order valence-electron chi connectivity index (χ1n) is 7.21. The van der Waals surface area contributed by atoms with Crippen LogP contribution >= 0.6 is 0 Å². The van der Waals surface area contributed by atoms with Gasteiger partial charge in [0, 0.05) is 24.8 Å². The van der Waals surface area contributed by atoms with Gasteiger partial charge < -0.3 is 10.1 Å². The molecule has 1 aromatic carbocycles. The van der Waals surface area contributed by atoms with Crippen molar-refractivity contribution in [2.24, 2.45) is 0 Å². The fourth-order valence-corrected chi connectivity index (χ4v) is 2.10. The molecule has 1 N–H and O–H groups in total. The van der Waals surface area contributed by atoms with E-state index in [0.29, 0.717) is 6.61 Å². The Labute approximate surface area is 120 Å². The van der Waals surface area contributed by atoms with Gasteiger partial charge in [-0.15, -0.1) is 0 Å². The number of ether oxygens (including phenoxy) is 1. The first-order valence-corrected chi connectivity index (χ1v) is 7.21. The highest BCUT2D eigenvalue weighted by molar-refractivity contribution is 5.57. The van der Waals surface area contributed by atoms with Crippen LogP contribution in [0.5, 0.6) is 5.75 Å². The van der Waals surface area contributed by atoms with Gasteiger partial charge in [-0.2, -0.15) is 5.10 Å². The minimum atomic E-state index is 0.673. The Kier molecular flexibility index (Phi) is 5.04. The van der Waals surface area contributed by atoms with E-state index in [9.17, 15) is 0 Å². The zero-order valence-electron chi connectivity index (χ0n) is 12.5. The number of hydrogen-bond acceptors (Lipinski definition) is 3. The number of anilines is 1. The standard InChI is InChI=1S/C16H23N3O/c1-4-8-19-12-14(11-18-19)10-17-15-7-6-13(3)9-16(15)20-5-2/h6-7,9,11-12,17H,4-5,8,10H2,1-3H3. The smallest absolute Gasteiger partial charge is 0.142 e. The van der Waals surface area contributed by atoms with Gasteiger partial charge in [0.25, 0.3) is 0 Å². The van der Waals surface area contributed by atoms with Crippen molar-refractivity contribution < 1.29 is 4.74 Å². The van der Waals surface area contributed by atoms with Crippen molar-refractivity contribution >= 4 is 5.69 Å². The number of aryl methyl sites for hydroxylation is 2. The quantitative estimate of drug-likeness (QED) is 0.837. The fraction of sp³-hybridized carbons (Fsp3) is 0.438. The summed E-state index contributed by atoms with van der Waals surface area (Å²) in [6, 6.07) is 6.22. The summed E-state index contributed by atoms with van der Waals surface area (Å²) in [7, 11) is 0. The van der Waals surface area contributed by atoms with Crippen molar-refractivity contribution in [3.63, 3.8) is 0 Å². The minimum Gasteiger partial charge on any atom is -0.492 e. The van der Waals surface area contributed by atoms with Gasteiger partial charge in [-0.05, 0) is 38.0 Å². The average molecular weight is 273 g/mol. The highest BCUT2D eigenvalue weighted by Gasteiger charge is 2.04. The van der Waals surface area contributed by atoms with Crippen LogP contribution in [0, 0.1) is 6.92 Å². The third kappa shape index (κ3) is 3.76. The Hall–Kier alpha value is -1.97. The maximum atomic E-state index is 5.67. The van der Waals surface area contributed by atoms with Crippen molar-refractivity contribution in [3.8, 4) is 5.75 Å². The number of benzene rings is 1. The SMILES string of the molecule is CCCn1cc(CNc2ccc(C)cc2OCC)cn1. The third-order valence-corrected chi connectivity index (χ3v) is 3.06. The monoisotopic (exact) mass is 273 g/mol. The topological polar surface area (TPSA) is 39.1 Å². The Morgan fingerprint density at radius 2 is 2.15 bits per heavy atom. The van der Waals surface area contributed by atoms with Crippen LogP contribution in [-0.2, 0) is 13.1 Å². The summed E-state index contributed by atoms with van der Waals surface area (Å²) in [5.41, 5.74) is 3.41. The lowest BCUT2D eigenvalue weighted by Gasteiger charge is -2.12. The van der Waals surface area contributed by atoms with Crippen LogP contribution in [-0.4, -0.2) is 16.4 Å². The molecule has 0 saturated heterocycles. The lowest BCUT2D eigenvalue weighted by Crippen LogP contribution is -2.02. The zero-order valence-corrected chi connectivity index (χ0v) is 12.5. The molecule has 0 spiro atoms. The maximum Gasteiger partial charge on any atom is 0.142 e. The van der Waals surface area contributed by atoms with Gasteiger partial charge in [-0.25, -0.2) is 0 Å². The maximum absolute atomic E-state index is 5.67. The van der Waals surface area contributed by atoms with Crippen LogP contribution in [0.15, 0.2) is 30.6 Å². The van der Waals surface area contributed by atoms with E-state index in [-0.39, 0.29) is 0 Å². The normalized spacial score (nSPS) is 10.6. The second kappa shape index (κ2) is 6.98. The van der Waals surface area contributed by atoms with E-state index in [1.807, 2.05) is 17.8 Å². The molecule has 4 nitrogen and oxygen atoms in total. The molecule has 0 saturated carbocycles. The van der Waals surface area contributed by atoms with Crippen LogP contribution < -0.4 is 10.1 Å². The van der Waals surface area contributed by atoms with E-state index >= 15 is 0 Å². The van der Waals surface area contributed by atoms with Crippen molar-refractivity contribution in [3.05, 3.63) is 41.7 Å². The van der Waals surface area contributed by atoms with Crippen molar-refractivity contribution in [2.75, 3.05) is 11.9 Å². The van der Waals surface area contributed by atoms with Crippen LogP contribution in [0.3, 0.4) is 0 Å². The minimum absolute atomic E-state index is 0.673. The van der Waals surface area contributed by atoms with Gasteiger partial charge in [0.05, 0.1) is 18.5 Å². The molecule has 0 aliphatic rings. The lowest BCUT2D eigenvalue weighted by atomic mass is 10.2. The number of nitrogens with zero attached hydrogens (tertiary/aromatic N) is 2. The molecule has 0 aliphatic carbocycles. The average Bonchev–Trinajstić information content (AvgIpc) is 2.86. The Morgan fingerprint density at radius 3 is 2.90 bits per heavy atom. The van der Waals surface area contributed by atoms with Crippen LogP contribution in [0.4, 0.5) is 5.69 Å². The van der Waals surface area contributed by atoms with Crippen molar-refractivity contribution in [1.29, 1.82) is 0 Å². The summed E-state index contributed by atoms with van der Waals surface area (Å²) in [4.78, 5) is 0. The Morgan fingerprint density at radius 1 is 1.30 bits per heavy atom. The fourth-order valence-electron chi connectivity index (χ4n) is 2.10. The van der Waals surface area contributed by atoms with Gasteiger partial charge in [-0.3, -0.25) is 4.68 Å². The predicted molar refractivity (Wildman–Crippen MR) is 82.2 cm³/mol. The molecular weight excluding hydrogens is 250 g/mol. The molecule has 0 bridgehead atoms. The number of nitrogens with one attached hydrogen (secondary N) is 1. The molecule has 108 valence electrons. The van der Waals surface area contributed by atoms with Gasteiger partial charge >= 0.3 is 0 Å². The van der Waals surface area contributed by atoms with E-state index < -0.39 is 0 Å². The summed E-state index contributed by atoms with van der Waals surface area (Å²) in [5, 5.41) is 7.76. The van der Waals surface area contributed by atoms with Crippen LogP contribution in [0.2, 0.25) is 0 Å². The lowest BCUT2D eigenvalue weighted by molar-refractivity contribution is 0.341. The third-order valence-electron chi connectivity index (χ3n) is 3.06. The number of rotatable bonds is 7. The molecule has 4 heteroatoms. The van der Waals surface area contributed by atoms with Gasteiger partial charge in [-0.1, -0.05) is 13.0 Å². The zero-order chi connectivity index (χ0) is 14.4. The Balaban J connectivity index is 2.02. The summed E-state index contributed by atoms with van der Waals surface area (Å²) in [6.45, 7) is 8.62. The summed E-state index contributed by atoms with van der Waals surface area (Å²) >= 11 is 0. The summed E-state index contributed by atoms with van der Waals surface area (Å²) < 4.78 is 7.65. The summed E-state index contributed by atoms with van der Waals surface area (Å²) in [5.74, 6) is 0.911. The molecular formula is C16H23N3O. The molecule has 0 fully saturated rings. The highest BCUT2D eigenvalue weighted by Crippen LogP contribution is 2.26. The molecule has 2 aromatic rings. The number of aromatic nitrogens is 2. The first kappa shape index (κ1) is 14.4. The van der Waals surface area contributed by atoms with Gasteiger partial charge in [0.1, 0.15) is 5.75 Å². The molecule has 2 rings (SSSR count). The molecule has 0 atom stereocenters. The molecule has 20 heavy (non-hydrogen) atoms. The van der Waals surface area contributed by atoms with E-state index in [1.54, 1.807) is 0 Å². The van der Waals surface area contributed by atoms with Crippen LogP contribution in [0.25, 0.3) is 0 Å². The molecule has 1 aromatic heterocycles. The molecule has 0 amide bonds. The molecule has 0 unspecified atom stereocenters. The molecule has 0 radical (unpaired) electrons. The molecule has 1 heterocycles. The largest absolute Gasteiger partial charge is 0.492 e. The van der Waals surface area contributed by atoms with E-state index in [4.69, 9.17) is 4.74 Å². The first-order chi connectivity index (χ1) is 9.72. The van der Waals surface area contributed by atoms with Gasteiger partial charge in [0.15, 0.2) is 0 Å². The predicted octanol–water partition coefficient (Wildman–Crippen LogP) is 3.61. The second-order valence-corrected chi connectivity index (χ2v) is 4.90. The van der Waals surface area contributed by atoms with Gasteiger partial charge in [0.2, 0.25) is 0 Å². The molecule has 0 aliphatic heterocycles. The van der Waals surface area contributed by atoms with E-state index in [1.165, 1.54) is 11.1 Å².